The molecule has 0 aliphatic carbocycles. The van der Waals surface area contributed by atoms with E-state index in [1.54, 1.807) is 17.0 Å². The van der Waals surface area contributed by atoms with Crippen LogP contribution in [0.1, 0.15) is 18.4 Å². The van der Waals surface area contributed by atoms with Crippen LogP contribution in [0.25, 0.3) is 11.1 Å². The number of rotatable bonds is 5. The molecule has 3 rings (SSSR count). The molecule has 0 spiro atoms. The smallest absolute Gasteiger partial charge is 0.249 e. The summed E-state index contributed by atoms with van der Waals surface area (Å²) < 4.78 is 0. The zero-order valence-corrected chi connectivity index (χ0v) is 15.8. The van der Waals surface area contributed by atoms with Crippen molar-refractivity contribution in [2.45, 2.75) is 17.9 Å². The summed E-state index contributed by atoms with van der Waals surface area (Å²) in [6, 6.07) is 10.8. The van der Waals surface area contributed by atoms with Crippen molar-refractivity contribution in [3.05, 3.63) is 46.2 Å². The molecule has 0 unspecified atom stereocenters. The van der Waals surface area contributed by atoms with Gasteiger partial charge in [-0.05, 0) is 24.1 Å². The fourth-order valence-electron chi connectivity index (χ4n) is 2.98. The number of aromatic nitrogens is 1. The number of H-pyrrole nitrogens is 1. The standard InChI is InChI=1S/C18H19N7O2S/c19-9-14-13(8-16(26)22-18(14)28-10-15(23-20)24-21)11-3-5-12(6-4-11)25-7-1-2-17(25)27/h3-6,8H,1-2,7,10,20-21H2,(H,22,26)(H,23,24). The minimum atomic E-state index is -0.331. The van der Waals surface area contributed by atoms with Gasteiger partial charge in [0.15, 0.2) is 0 Å². The van der Waals surface area contributed by atoms with E-state index in [0.717, 1.165) is 12.1 Å². The van der Waals surface area contributed by atoms with Crippen LogP contribution < -0.4 is 27.6 Å². The normalized spacial score (nSPS) is 14.2. The van der Waals surface area contributed by atoms with Gasteiger partial charge in [-0.15, -0.1) is 0 Å². The molecule has 144 valence electrons. The molecule has 0 atom stereocenters. The minimum Gasteiger partial charge on any atom is -0.322 e. The van der Waals surface area contributed by atoms with Gasteiger partial charge in [0.05, 0.1) is 16.3 Å². The van der Waals surface area contributed by atoms with Gasteiger partial charge in [0.1, 0.15) is 11.9 Å². The highest BCUT2D eigenvalue weighted by Gasteiger charge is 2.22. The van der Waals surface area contributed by atoms with Crippen LogP contribution in [0.3, 0.4) is 0 Å². The van der Waals surface area contributed by atoms with E-state index >= 15 is 0 Å². The number of hydrogen-bond donors (Lipinski definition) is 4. The molecule has 0 bridgehead atoms. The van der Waals surface area contributed by atoms with E-state index in [0.29, 0.717) is 40.5 Å². The Kier molecular flexibility index (Phi) is 5.98. The molecule has 28 heavy (non-hydrogen) atoms. The van der Waals surface area contributed by atoms with E-state index in [2.05, 4.69) is 21.6 Å². The molecule has 1 fully saturated rings. The maximum atomic E-state index is 12.1. The van der Waals surface area contributed by atoms with E-state index < -0.39 is 0 Å². The Labute approximate surface area is 165 Å². The van der Waals surface area contributed by atoms with Crippen molar-refractivity contribution in [2.24, 2.45) is 16.8 Å². The average Bonchev–Trinajstić information content (AvgIpc) is 3.14. The first-order valence-electron chi connectivity index (χ1n) is 8.51. The lowest BCUT2D eigenvalue weighted by atomic mass is 10.0. The van der Waals surface area contributed by atoms with Crippen molar-refractivity contribution in [3.8, 4) is 17.2 Å². The maximum absolute atomic E-state index is 12.1. The molecule has 1 saturated heterocycles. The van der Waals surface area contributed by atoms with Gasteiger partial charge in [0.2, 0.25) is 11.5 Å². The lowest BCUT2D eigenvalue weighted by molar-refractivity contribution is -0.117. The van der Waals surface area contributed by atoms with Crippen LogP contribution in [0.15, 0.2) is 45.3 Å². The first kappa shape index (κ1) is 19.5. The number of pyridine rings is 1. The summed E-state index contributed by atoms with van der Waals surface area (Å²) in [6.07, 6.45) is 1.40. The van der Waals surface area contributed by atoms with Crippen LogP contribution in [-0.4, -0.2) is 29.0 Å². The highest BCUT2D eigenvalue weighted by Crippen LogP contribution is 2.30. The van der Waals surface area contributed by atoms with Crippen molar-refractivity contribution in [3.63, 3.8) is 0 Å². The Bertz CT molecular complexity index is 1010. The van der Waals surface area contributed by atoms with Crippen LogP contribution in [0.2, 0.25) is 0 Å². The van der Waals surface area contributed by atoms with E-state index in [-0.39, 0.29) is 17.2 Å². The van der Waals surface area contributed by atoms with Gasteiger partial charge in [-0.25, -0.2) is 5.84 Å². The van der Waals surface area contributed by atoms with Crippen LogP contribution in [-0.2, 0) is 4.79 Å². The average molecular weight is 397 g/mol. The zero-order valence-electron chi connectivity index (χ0n) is 14.9. The predicted octanol–water partition coefficient (Wildman–Crippen LogP) is 0.868. The Morgan fingerprint density at radius 2 is 2.11 bits per heavy atom. The van der Waals surface area contributed by atoms with Crippen molar-refractivity contribution in [1.29, 1.82) is 5.26 Å². The number of nitriles is 1. The van der Waals surface area contributed by atoms with Gasteiger partial charge in [0.25, 0.3) is 0 Å². The summed E-state index contributed by atoms with van der Waals surface area (Å²) in [4.78, 5) is 28.4. The number of nitrogens with zero attached hydrogens (tertiary/aromatic N) is 3. The lowest BCUT2D eigenvalue weighted by Crippen LogP contribution is -2.33. The number of anilines is 1. The summed E-state index contributed by atoms with van der Waals surface area (Å²) in [6.45, 7) is 0.702. The van der Waals surface area contributed by atoms with Gasteiger partial charge in [0, 0.05) is 30.3 Å². The predicted molar refractivity (Wildman–Crippen MR) is 108 cm³/mol. The topological polar surface area (TPSA) is 153 Å². The number of hydrazine groups is 1. The molecular formula is C18H19N7O2S. The third kappa shape index (κ3) is 4.00. The van der Waals surface area contributed by atoms with Crippen molar-refractivity contribution in [2.75, 3.05) is 17.2 Å². The molecule has 9 nitrogen and oxygen atoms in total. The number of thioether (sulfide) groups is 1. The Morgan fingerprint density at radius 1 is 1.36 bits per heavy atom. The second-order valence-electron chi connectivity index (χ2n) is 6.07. The molecule has 10 heteroatoms. The number of nitrogens with one attached hydrogen (secondary N) is 2. The van der Waals surface area contributed by atoms with Crippen LogP contribution >= 0.6 is 11.8 Å². The molecular weight excluding hydrogens is 378 g/mol. The molecule has 6 N–H and O–H groups in total. The van der Waals surface area contributed by atoms with Crippen LogP contribution in [0.5, 0.6) is 0 Å². The lowest BCUT2D eigenvalue weighted by Gasteiger charge is -2.16. The van der Waals surface area contributed by atoms with Gasteiger partial charge in [-0.2, -0.15) is 10.4 Å². The maximum Gasteiger partial charge on any atom is 0.249 e. The fourth-order valence-corrected chi connectivity index (χ4v) is 3.89. The van der Waals surface area contributed by atoms with Gasteiger partial charge >= 0.3 is 0 Å². The molecule has 1 aromatic heterocycles. The molecule has 1 aliphatic heterocycles. The van der Waals surface area contributed by atoms with Crippen molar-refractivity contribution in [1.82, 2.24) is 10.4 Å². The number of hydrogen-bond acceptors (Lipinski definition) is 7. The molecule has 2 heterocycles. The number of nitrogens with two attached hydrogens (primary N) is 2. The summed E-state index contributed by atoms with van der Waals surface area (Å²) in [5.41, 5.74) is 4.39. The van der Waals surface area contributed by atoms with E-state index in [1.165, 1.54) is 17.8 Å². The Morgan fingerprint density at radius 3 is 2.68 bits per heavy atom. The number of carbonyl (C=O) groups excluding carboxylic acids is 1. The number of aromatic amines is 1. The van der Waals surface area contributed by atoms with Crippen LogP contribution in [0, 0.1) is 11.3 Å². The third-order valence-electron chi connectivity index (χ3n) is 4.36. The molecule has 2 aromatic rings. The van der Waals surface area contributed by atoms with Crippen LogP contribution in [0.4, 0.5) is 5.69 Å². The molecule has 1 aromatic carbocycles. The molecule has 1 aliphatic rings. The third-order valence-corrected chi connectivity index (χ3v) is 5.37. The quantitative estimate of drug-likeness (QED) is 0.192. The zero-order chi connectivity index (χ0) is 20.1. The SMILES string of the molecule is N#Cc1c(-c2ccc(N3CCCC3=O)cc2)cc(=O)[nH]c1SC/C(=N/N)NN. The van der Waals surface area contributed by atoms with E-state index in [1.807, 2.05) is 12.1 Å². The molecule has 1 amide bonds. The van der Waals surface area contributed by atoms with Gasteiger partial charge in [-0.1, -0.05) is 23.9 Å². The van der Waals surface area contributed by atoms with Crippen molar-refractivity contribution < 1.29 is 4.79 Å². The number of hydrazone groups is 1. The Balaban J connectivity index is 1.94. The first-order chi connectivity index (χ1) is 13.6. The summed E-state index contributed by atoms with van der Waals surface area (Å²) >= 11 is 1.19. The monoisotopic (exact) mass is 397 g/mol. The number of benzene rings is 1. The summed E-state index contributed by atoms with van der Waals surface area (Å²) in [5, 5.41) is 13.5. The van der Waals surface area contributed by atoms with Crippen molar-refractivity contribution >= 4 is 29.2 Å². The van der Waals surface area contributed by atoms with E-state index in [4.69, 9.17) is 11.7 Å². The molecule has 0 radical (unpaired) electrons. The van der Waals surface area contributed by atoms with E-state index in [9.17, 15) is 14.9 Å². The number of amidine groups is 1. The highest BCUT2D eigenvalue weighted by molar-refractivity contribution is 8.00. The first-order valence-corrected chi connectivity index (χ1v) is 9.50. The minimum absolute atomic E-state index is 0.103. The summed E-state index contributed by atoms with van der Waals surface area (Å²) in [7, 11) is 0. The number of amides is 1. The second-order valence-corrected chi connectivity index (χ2v) is 7.05. The molecule has 0 saturated carbocycles. The van der Waals surface area contributed by atoms with Gasteiger partial charge in [-0.3, -0.25) is 9.59 Å². The summed E-state index contributed by atoms with van der Waals surface area (Å²) in [5.74, 6) is 11.2. The Hall–Kier alpha value is -3.29. The largest absolute Gasteiger partial charge is 0.322 e. The highest BCUT2D eigenvalue weighted by atomic mass is 32.2. The second kappa shape index (κ2) is 8.60. The number of carbonyl (C=O) groups is 1. The fraction of sp³-hybridized carbons (Fsp3) is 0.222. The van der Waals surface area contributed by atoms with Gasteiger partial charge < -0.3 is 21.2 Å².